The van der Waals surface area contributed by atoms with Crippen LogP contribution in [0.1, 0.15) is 58.7 Å². The lowest BCUT2D eigenvalue weighted by Crippen LogP contribution is -2.29. The lowest BCUT2D eigenvalue weighted by atomic mass is 9.95. The summed E-state index contributed by atoms with van der Waals surface area (Å²) >= 11 is 4.81. The molecule has 1 amide bonds. The van der Waals surface area contributed by atoms with E-state index >= 15 is 0 Å². The highest BCUT2D eigenvalue weighted by Gasteiger charge is 2.44. The average Bonchev–Trinajstić information content (AvgIpc) is 3.30. The number of carbonyl (C=O) groups is 1. The van der Waals surface area contributed by atoms with E-state index in [0.717, 1.165) is 15.7 Å². The van der Waals surface area contributed by atoms with Crippen molar-refractivity contribution in [2.45, 2.75) is 32.7 Å². The molecule has 0 saturated heterocycles. The summed E-state index contributed by atoms with van der Waals surface area (Å²) < 4.78 is 6.77. The first kappa shape index (κ1) is 20.2. The quantitative estimate of drug-likeness (QED) is 0.340. The Labute approximate surface area is 191 Å². The third kappa shape index (κ3) is 3.23. The van der Waals surface area contributed by atoms with Crippen molar-refractivity contribution in [1.29, 1.82) is 0 Å². The number of fused-ring (bicyclic) bond motifs is 2. The molecule has 1 aliphatic heterocycles. The molecular weight excluding hydrogens is 476 g/mol. The van der Waals surface area contributed by atoms with Gasteiger partial charge >= 0.3 is 0 Å². The van der Waals surface area contributed by atoms with Gasteiger partial charge in [-0.2, -0.15) is 0 Å². The van der Waals surface area contributed by atoms with Gasteiger partial charge in [0.2, 0.25) is 5.76 Å². The highest BCUT2D eigenvalue weighted by Crippen LogP contribution is 2.42. The predicted molar refractivity (Wildman–Crippen MR) is 126 cm³/mol. The number of anilines is 1. The second-order valence-electron chi connectivity index (χ2n) is 7.98. The number of benzene rings is 2. The van der Waals surface area contributed by atoms with Gasteiger partial charge in [-0.15, -0.1) is 11.3 Å². The molecule has 31 heavy (non-hydrogen) atoms. The maximum Gasteiger partial charge on any atom is 0.297 e. The summed E-state index contributed by atoms with van der Waals surface area (Å²) in [5, 5.41) is 2.89. The maximum atomic E-state index is 13.6. The summed E-state index contributed by atoms with van der Waals surface area (Å²) in [6, 6.07) is 12.7. The second kappa shape index (κ2) is 7.43. The summed E-state index contributed by atoms with van der Waals surface area (Å²) in [4.78, 5) is 33.2. The zero-order valence-electron chi connectivity index (χ0n) is 17.2. The van der Waals surface area contributed by atoms with Crippen molar-refractivity contribution in [3.05, 3.63) is 90.7 Å². The molecule has 3 heterocycles. The Bertz CT molecular complexity index is 1390. The van der Waals surface area contributed by atoms with Crippen molar-refractivity contribution in [2.24, 2.45) is 0 Å². The minimum atomic E-state index is -0.589. The van der Waals surface area contributed by atoms with Gasteiger partial charge < -0.3 is 4.42 Å². The molecule has 2 aromatic heterocycles. The maximum absolute atomic E-state index is 13.6. The van der Waals surface area contributed by atoms with E-state index in [1.54, 1.807) is 23.1 Å². The van der Waals surface area contributed by atoms with Gasteiger partial charge in [0.05, 0.1) is 22.7 Å². The Hall–Kier alpha value is -2.77. The van der Waals surface area contributed by atoms with Crippen LogP contribution in [0.5, 0.6) is 0 Å². The lowest BCUT2D eigenvalue weighted by Gasteiger charge is -2.23. The van der Waals surface area contributed by atoms with E-state index in [2.05, 4.69) is 34.8 Å². The Morgan fingerprint density at radius 3 is 2.52 bits per heavy atom. The van der Waals surface area contributed by atoms with Crippen LogP contribution in [0.2, 0.25) is 0 Å². The number of rotatable bonds is 3. The Morgan fingerprint density at radius 1 is 1.13 bits per heavy atom. The third-order valence-electron chi connectivity index (χ3n) is 5.56. The molecule has 7 heteroatoms. The largest absolute Gasteiger partial charge is 0.450 e. The first-order valence-electron chi connectivity index (χ1n) is 9.97. The van der Waals surface area contributed by atoms with E-state index in [-0.39, 0.29) is 17.1 Å². The van der Waals surface area contributed by atoms with Gasteiger partial charge in [-0.05, 0) is 42.2 Å². The zero-order chi connectivity index (χ0) is 21.9. The minimum absolute atomic E-state index is 0.0885. The van der Waals surface area contributed by atoms with E-state index < -0.39 is 6.04 Å². The number of carbonyl (C=O) groups excluding carboxylic acids is 1. The van der Waals surface area contributed by atoms with Crippen molar-refractivity contribution in [3.8, 4) is 0 Å². The minimum Gasteiger partial charge on any atom is -0.450 e. The fourth-order valence-corrected chi connectivity index (χ4v) is 5.16. The van der Waals surface area contributed by atoms with E-state index in [0.29, 0.717) is 27.6 Å². The van der Waals surface area contributed by atoms with Gasteiger partial charge in [0.25, 0.3) is 5.91 Å². The fraction of sp³-hybridized carbons (Fsp3) is 0.208. The first-order valence-corrected chi connectivity index (χ1v) is 11.6. The summed E-state index contributed by atoms with van der Waals surface area (Å²) in [6.45, 7) is 6.15. The van der Waals surface area contributed by atoms with Crippen LogP contribution in [-0.2, 0) is 0 Å². The molecule has 0 N–H and O–H groups in total. The topological polar surface area (TPSA) is 63.4 Å². The average molecular weight is 495 g/mol. The normalized spacial score (nSPS) is 15.8. The molecule has 1 atom stereocenters. The second-order valence-corrected chi connectivity index (χ2v) is 9.74. The van der Waals surface area contributed by atoms with Crippen molar-refractivity contribution in [3.63, 3.8) is 0 Å². The number of aromatic nitrogens is 1. The number of aryl methyl sites for hydroxylation is 1. The molecule has 0 unspecified atom stereocenters. The standard InChI is InChI=1S/C24H19BrN2O3S/c1-12(2)14-4-6-15(7-5-14)20-19-21(28)17-10-16(25)8-9-18(17)30-22(19)23(29)27(20)24-26-13(3)11-31-24/h4-12,20H,1-3H3/t20-/m0/s1. The van der Waals surface area contributed by atoms with Gasteiger partial charge in [-0.25, -0.2) is 4.98 Å². The van der Waals surface area contributed by atoms with Gasteiger partial charge in [0.15, 0.2) is 10.6 Å². The van der Waals surface area contributed by atoms with Crippen molar-refractivity contribution in [1.82, 2.24) is 4.98 Å². The summed E-state index contributed by atoms with van der Waals surface area (Å²) in [5.41, 5.74) is 3.43. The lowest BCUT2D eigenvalue weighted by molar-refractivity contribution is 0.0971. The van der Waals surface area contributed by atoms with E-state index in [1.807, 2.05) is 36.6 Å². The smallest absolute Gasteiger partial charge is 0.297 e. The molecule has 1 aliphatic rings. The van der Waals surface area contributed by atoms with Crippen LogP contribution in [0.4, 0.5) is 5.13 Å². The van der Waals surface area contributed by atoms with Crippen molar-refractivity contribution >= 4 is 49.3 Å². The first-order chi connectivity index (χ1) is 14.8. The van der Waals surface area contributed by atoms with Crippen LogP contribution >= 0.6 is 27.3 Å². The molecule has 5 nitrogen and oxygen atoms in total. The number of hydrogen-bond acceptors (Lipinski definition) is 5. The molecule has 5 rings (SSSR count). The Balaban J connectivity index is 1.78. The molecule has 2 aromatic carbocycles. The van der Waals surface area contributed by atoms with Gasteiger partial charge in [-0.3, -0.25) is 14.5 Å². The number of hydrogen-bond donors (Lipinski definition) is 0. The van der Waals surface area contributed by atoms with Crippen molar-refractivity contribution < 1.29 is 9.21 Å². The predicted octanol–water partition coefficient (Wildman–Crippen LogP) is 6.19. The van der Waals surface area contributed by atoms with Crippen LogP contribution in [0.3, 0.4) is 0 Å². The molecule has 0 bridgehead atoms. The molecule has 0 radical (unpaired) electrons. The number of amides is 1. The fourth-order valence-electron chi connectivity index (χ4n) is 3.97. The molecule has 0 aliphatic carbocycles. The summed E-state index contributed by atoms with van der Waals surface area (Å²) in [5.74, 6) is 0.130. The SMILES string of the molecule is Cc1csc(N2C(=O)c3oc4ccc(Br)cc4c(=O)c3[C@@H]2c2ccc(C(C)C)cc2)n1. The van der Waals surface area contributed by atoms with Gasteiger partial charge in [0, 0.05) is 9.85 Å². The van der Waals surface area contributed by atoms with Gasteiger partial charge in [0.1, 0.15) is 5.58 Å². The van der Waals surface area contributed by atoms with Crippen LogP contribution in [0, 0.1) is 6.92 Å². The van der Waals surface area contributed by atoms with Gasteiger partial charge in [-0.1, -0.05) is 54.0 Å². The summed E-state index contributed by atoms with van der Waals surface area (Å²) in [7, 11) is 0. The molecule has 0 fully saturated rings. The highest BCUT2D eigenvalue weighted by molar-refractivity contribution is 9.10. The Kier molecular flexibility index (Phi) is 4.83. The molecule has 156 valence electrons. The van der Waals surface area contributed by atoms with Crippen molar-refractivity contribution in [2.75, 3.05) is 4.90 Å². The molecular formula is C24H19BrN2O3S. The van der Waals surface area contributed by atoms with E-state index in [1.165, 1.54) is 16.9 Å². The van der Waals surface area contributed by atoms with Crippen LogP contribution < -0.4 is 10.3 Å². The van der Waals surface area contributed by atoms with Crippen LogP contribution in [-0.4, -0.2) is 10.9 Å². The zero-order valence-corrected chi connectivity index (χ0v) is 19.6. The van der Waals surface area contributed by atoms with Crippen LogP contribution in [0.25, 0.3) is 11.0 Å². The third-order valence-corrected chi connectivity index (χ3v) is 7.02. The van der Waals surface area contributed by atoms with E-state index in [4.69, 9.17) is 4.42 Å². The highest BCUT2D eigenvalue weighted by atomic mass is 79.9. The molecule has 0 saturated carbocycles. The number of nitrogens with zero attached hydrogens (tertiary/aromatic N) is 2. The number of thiazole rings is 1. The Morgan fingerprint density at radius 2 is 1.87 bits per heavy atom. The summed E-state index contributed by atoms with van der Waals surface area (Å²) in [6.07, 6.45) is 0. The number of halogens is 1. The molecule has 0 spiro atoms. The van der Waals surface area contributed by atoms with E-state index in [9.17, 15) is 9.59 Å². The monoisotopic (exact) mass is 494 g/mol. The van der Waals surface area contributed by atoms with Crippen LogP contribution in [0.15, 0.2) is 61.5 Å². The molecule has 4 aromatic rings.